The van der Waals surface area contributed by atoms with Crippen molar-refractivity contribution >= 4 is 23.4 Å². The van der Waals surface area contributed by atoms with Crippen molar-refractivity contribution in [1.82, 2.24) is 15.1 Å². The summed E-state index contributed by atoms with van der Waals surface area (Å²) in [6, 6.07) is 9.89. The summed E-state index contributed by atoms with van der Waals surface area (Å²) in [5.74, 6) is -1.56. The van der Waals surface area contributed by atoms with Gasteiger partial charge in [-0.25, -0.2) is 8.78 Å². The van der Waals surface area contributed by atoms with Crippen LogP contribution < -0.4 is 5.32 Å². The summed E-state index contributed by atoms with van der Waals surface area (Å²) in [5, 5.41) is 3.73. The molecule has 228 valence electrons. The van der Waals surface area contributed by atoms with E-state index in [2.05, 4.69) is 48.9 Å². The molecule has 5 atom stereocenters. The number of nitrogens with one attached hydrogen (secondary N) is 1. The molecule has 3 aliphatic rings. The van der Waals surface area contributed by atoms with E-state index in [4.69, 9.17) is 11.6 Å². The highest BCUT2D eigenvalue weighted by molar-refractivity contribution is 6.30. The summed E-state index contributed by atoms with van der Waals surface area (Å²) in [6.45, 7) is 11.3. The van der Waals surface area contributed by atoms with E-state index < -0.39 is 11.6 Å². The third-order valence-electron chi connectivity index (χ3n) is 9.88. The highest BCUT2D eigenvalue weighted by Gasteiger charge is 2.48. The van der Waals surface area contributed by atoms with Crippen LogP contribution >= 0.6 is 11.6 Å². The van der Waals surface area contributed by atoms with Crippen LogP contribution in [-0.4, -0.2) is 52.3 Å². The highest BCUT2D eigenvalue weighted by atomic mass is 35.5. The molecule has 5 nitrogen and oxygen atoms in total. The molecule has 0 saturated carbocycles. The molecule has 8 heteroatoms. The quantitative estimate of drug-likeness (QED) is 0.378. The van der Waals surface area contributed by atoms with E-state index in [-0.39, 0.29) is 53.2 Å². The van der Waals surface area contributed by atoms with E-state index >= 15 is 4.39 Å². The minimum Gasteiger partial charge on any atom is -0.350 e. The Balaban J connectivity index is 1.41. The monoisotopic (exact) mass is 599 g/mol. The first-order valence-electron chi connectivity index (χ1n) is 15.5. The number of hydrogen-bond donors (Lipinski definition) is 1. The summed E-state index contributed by atoms with van der Waals surface area (Å²) < 4.78 is 29.0. The number of likely N-dealkylation sites (tertiary alicyclic amines) is 1. The van der Waals surface area contributed by atoms with Crippen LogP contribution in [0.2, 0.25) is 5.02 Å². The lowest BCUT2D eigenvalue weighted by Crippen LogP contribution is -2.55. The summed E-state index contributed by atoms with van der Waals surface area (Å²) in [6.07, 6.45) is 5.01. The molecule has 3 saturated heterocycles. The number of amides is 2. The molecule has 1 N–H and O–H groups in total. The van der Waals surface area contributed by atoms with Crippen LogP contribution in [0, 0.1) is 17.6 Å². The van der Waals surface area contributed by atoms with Gasteiger partial charge in [0.1, 0.15) is 11.6 Å². The maximum Gasteiger partial charge on any atom is 0.226 e. The molecule has 2 amide bonds. The SMILES string of the molecule is CCC(NC(C)=O)c1cc(Cl)ccc1C1CC2CCC(C1)N2C(=O)[C@@H]1CCN(C(C)(C)C)CC1c1ccc(F)cc1F. The normalized spacial score (nSPS) is 27.1. The van der Waals surface area contributed by atoms with Crippen molar-refractivity contribution in [1.29, 1.82) is 0 Å². The maximum atomic E-state index is 15.2. The smallest absolute Gasteiger partial charge is 0.226 e. The standard InChI is InChI=1S/C34H44ClF2N3O2/c1-6-32(38-20(2)41)29-17-22(35)7-11-26(29)21-15-24-9-10-25(16-21)40(24)33(42)28-13-14-39(34(3,4)5)19-30(28)27-12-8-23(36)18-31(27)37/h7-8,11-12,17-18,21,24-25,28,30,32H,6,9-10,13-16,19H2,1-5H3,(H,38,41)/t21?,24?,25?,28-,30?,32?/m1/s1. The Labute approximate surface area is 254 Å². The first-order valence-corrected chi connectivity index (χ1v) is 15.8. The molecular weight excluding hydrogens is 556 g/mol. The second kappa shape index (κ2) is 12.2. The number of benzene rings is 2. The van der Waals surface area contributed by atoms with Crippen LogP contribution in [0.3, 0.4) is 0 Å². The van der Waals surface area contributed by atoms with Gasteiger partial charge in [-0.05, 0) is 107 Å². The zero-order valence-electron chi connectivity index (χ0n) is 25.4. The van der Waals surface area contributed by atoms with Crippen LogP contribution in [0.25, 0.3) is 0 Å². The molecule has 3 heterocycles. The zero-order valence-corrected chi connectivity index (χ0v) is 26.2. The highest BCUT2D eigenvalue weighted by Crippen LogP contribution is 2.47. The summed E-state index contributed by atoms with van der Waals surface area (Å²) >= 11 is 6.42. The van der Waals surface area contributed by atoms with Gasteiger partial charge in [0, 0.05) is 54.0 Å². The summed E-state index contributed by atoms with van der Waals surface area (Å²) in [7, 11) is 0. The molecule has 5 rings (SSSR count). The molecule has 2 aromatic carbocycles. The van der Waals surface area contributed by atoms with Gasteiger partial charge in [-0.3, -0.25) is 14.5 Å². The van der Waals surface area contributed by atoms with Crippen molar-refractivity contribution in [2.24, 2.45) is 5.92 Å². The van der Waals surface area contributed by atoms with Crippen molar-refractivity contribution in [2.75, 3.05) is 13.1 Å². The van der Waals surface area contributed by atoms with Gasteiger partial charge in [0.2, 0.25) is 11.8 Å². The molecular formula is C34H44ClF2N3O2. The lowest BCUT2D eigenvalue weighted by atomic mass is 9.76. The Morgan fingerprint density at radius 1 is 1.02 bits per heavy atom. The fraction of sp³-hybridized carbons (Fsp3) is 0.588. The summed E-state index contributed by atoms with van der Waals surface area (Å²) in [5.41, 5.74) is 2.57. The Kier molecular flexibility index (Phi) is 9.01. The molecule has 2 aromatic rings. The topological polar surface area (TPSA) is 52.7 Å². The second-order valence-electron chi connectivity index (χ2n) is 13.5. The number of fused-ring (bicyclic) bond motifs is 2. The predicted octanol–water partition coefficient (Wildman–Crippen LogP) is 7.35. The minimum absolute atomic E-state index is 0.0714. The summed E-state index contributed by atoms with van der Waals surface area (Å²) in [4.78, 5) is 30.8. The van der Waals surface area contributed by atoms with Gasteiger partial charge in [0.05, 0.1) is 6.04 Å². The molecule has 0 aromatic heterocycles. The minimum atomic E-state index is -0.604. The van der Waals surface area contributed by atoms with Gasteiger partial charge in [-0.2, -0.15) is 0 Å². The van der Waals surface area contributed by atoms with Crippen molar-refractivity contribution < 1.29 is 18.4 Å². The number of hydrogen-bond acceptors (Lipinski definition) is 3. The number of rotatable bonds is 6. The van der Waals surface area contributed by atoms with Crippen LogP contribution in [0.5, 0.6) is 0 Å². The lowest BCUT2D eigenvalue weighted by Gasteiger charge is -2.47. The fourth-order valence-electron chi connectivity index (χ4n) is 7.82. The first kappa shape index (κ1) is 30.9. The Bertz CT molecular complexity index is 1310. The van der Waals surface area contributed by atoms with E-state index in [9.17, 15) is 14.0 Å². The molecule has 0 spiro atoms. The second-order valence-corrected chi connectivity index (χ2v) is 14.0. The van der Waals surface area contributed by atoms with Gasteiger partial charge < -0.3 is 10.2 Å². The lowest BCUT2D eigenvalue weighted by molar-refractivity contribution is -0.143. The Morgan fingerprint density at radius 2 is 1.69 bits per heavy atom. The Morgan fingerprint density at radius 3 is 2.29 bits per heavy atom. The van der Waals surface area contributed by atoms with E-state index in [1.165, 1.54) is 24.6 Å². The number of carbonyl (C=O) groups excluding carboxylic acids is 2. The maximum absolute atomic E-state index is 15.2. The zero-order chi connectivity index (χ0) is 30.3. The van der Waals surface area contributed by atoms with Gasteiger partial charge in [0.15, 0.2) is 0 Å². The van der Waals surface area contributed by atoms with E-state index in [0.717, 1.165) is 50.3 Å². The van der Waals surface area contributed by atoms with Crippen LogP contribution in [-0.2, 0) is 9.59 Å². The predicted molar refractivity (Wildman–Crippen MR) is 162 cm³/mol. The van der Waals surface area contributed by atoms with Gasteiger partial charge in [0.25, 0.3) is 0 Å². The van der Waals surface area contributed by atoms with Gasteiger partial charge >= 0.3 is 0 Å². The number of carbonyl (C=O) groups is 2. The van der Waals surface area contributed by atoms with Crippen molar-refractivity contribution in [3.05, 3.63) is 69.7 Å². The van der Waals surface area contributed by atoms with Crippen molar-refractivity contribution in [3.63, 3.8) is 0 Å². The number of halogens is 3. The van der Waals surface area contributed by atoms with Gasteiger partial charge in [-0.15, -0.1) is 0 Å². The third-order valence-corrected chi connectivity index (χ3v) is 10.1. The first-order chi connectivity index (χ1) is 19.9. The molecule has 4 unspecified atom stereocenters. The van der Waals surface area contributed by atoms with E-state index in [1.807, 2.05) is 12.1 Å². The fourth-order valence-corrected chi connectivity index (χ4v) is 8.00. The van der Waals surface area contributed by atoms with E-state index in [0.29, 0.717) is 23.6 Å². The number of nitrogens with zero attached hydrogens (tertiary/aromatic N) is 2. The van der Waals surface area contributed by atoms with Crippen molar-refractivity contribution in [2.45, 2.75) is 109 Å². The number of piperidine rings is 2. The largest absolute Gasteiger partial charge is 0.350 e. The average Bonchev–Trinajstić information content (AvgIpc) is 3.19. The Hall–Kier alpha value is -2.51. The molecule has 3 aliphatic heterocycles. The molecule has 0 aliphatic carbocycles. The molecule has 42 heavy (non-hydrogen) atoms. The van der Waals surface area contributed by atoms with Crippen molar-refractivity contribution in [3.8, 4) is 0 Å². The van der Waals surface area contributed by atoms with Crippen LogP contribution in [0.1, 0.15) is 108 Å². The van der Waals surface area contributed by atoms with Crippen LogP contribution in [0.4, 0.5) is 8.78 Å². The molecule has 0 radical (unpaired) electrons. The van der Waals surface area contributed by atoms with Gasteiger partial charge in [-0.1, -0.05) is 30.7 Å². The van der Waals surface area contributed by atoms with Crippen LogP contribution in [0.15, 0.2) is 36.4 Å². The third kappa shape index (κ3) is 6.23. The molecule has 3 fully saturated rings. The van der Waals surface area contributed by atoms with E-state index in [1.54, 1.807) is 0 Å². The average molecular weight is 600 g/mol. The molecule has 2 bridgehead atoms.